The number of fused-ring (bicyclic) bond motifs is 1. The summed E-state index contributed by atoms with van der Waals surface area (Å²) in [5, 5.41) is 18.7. The van der Waals surface area contributed by atoms with Crippen LogP contribution in [0.4, 0.5) is 17.1 Å². The highest BCUT2D eigenvalue weighted by Gasteiger charge is 2.21. The van der Waals surface area contributed by atoms with Crippen LogP contribution in [0.1, 0.15) is 18.1 Å². The minimum Gasteiger partial charge on any atom is -0.492 e. The zero-order valence-corrected chi connectivity index (χ0v) is 22.4. The molecule has 198 valence electrons. The zero-order valence-electron chi connectivity index (χ0n) is 21.6. The zero-order chi connectivity index (χ0) is 27.6. The van der Waals surface area contributed by atoms with Crippen LogP contribution in [-0.4, -0.2) is 31.1 Å². The predicted molar refractivity (Wildman–Crippen MR) is 154 cm³/mol. The summed E-state index contributed by atoms with van der Waals surface area (Å²) < 4.78 is 5.82. The van der Waals surface area contributed by atoms with Crippen LogP contribution >= 0.6 is 11.6 Å². The van der Waals surface area contributed by atoms with Crippen LogP contribution in [0.15, 0.2) is 85.1 Å². The van der Waals surface area contributed by atoms with Crippen LogP contribution in [0.3, 0.4) is 0 Å². The Morgan fingerprint density at radius 3 is 2.69 bits per heavy atom. The Hall–Kier alpha value is -4.42. The highest BCUT2D eigenvalue weighted by Crippen LogP contribution is 2.39. The van der Waals surface area contributed by atoms with Crippen LogP contribution in [-0.2, 0) is 16.2 Å². The number of ether oxygens (including phenoxy) is 1. The van der Waals surface area contributed by atoms with E-state index in [-0.39, 0.29) is 12.5 Å². The third kappa shape index (κ3) is 6.92. The van der Waals surface area contributed by atoms with E-state index in [0.29, 0.717) is 57.5 Å². The largest absolute Gasteiger partial charge is 0.492 e. The summed E-state index contributed by atoms with van der Waals surface area (Å²) in [6, 6.07) is 22.6. The lowest BCUT2D eigenvalue weighted by molar-refractivity contribution is -0.111. The normalized spacial score (nSPS) is 10.9. The average molecular weight is 542 g/mol. The Morgan fingerprint density at radius 1 is 1.15 bits per heavy atom. The summed E-state index contributed by atoms with van der Waals surface area (Å²) in [7, 11) is 1.80. The molecule has 4 aromatic rings. The van der Waals surface area contributed by atoms with Crippen molar-refractivity contribution in [3.8, 4) is 11.8 Å². The molecule has 3 aromatic carbocycles. The number of amides is 1. The van der Waals surface area contributed by atoms with Crippen LogP contribution in [0.2, 0.25) is 5.02 Å². The first-order valence-corrected chi connectivity index (χ1v) is 12.8. The monoisotopic (exact) mass is 541 g/mol. The summed E-state index contributed by atoms with van der Waals surface area (Å²) in [5.74, 6) is 0.156. The maximum atomic E-state index is 12.6. The van der Waals surface area contributed by atoms with Gasteiger partial charge in [-0.25, -0.2) is 5.06 Å². The number of rotatable bonds is 11. The number of carbonyl (C=O) groups is 1. The fraction of sp³-hybridized carbons (Fsp3) is 0.167. The molecular weight excluding hydrogens is 514 g/mol. The van der Waals surface area contributed by atoms with Gasteiger partial charge in [-0.3, -0.25) is 14.6 Å². The molecule has 1 heterocycles. The van der Waals surface area contributed by atoms with Crippen molar-refractivity contribution in [1.29, 1.82) is 5.26 Å². The van der Waals surface area contributed by atoms with Gasteiger partial charge in [-0.15, -0.1) is 0 Å². The molecule has 8 nitrogen and oxygen atoms in total. The Balaban J connectivity index is 1.85. The number of para-hydroxylation sites is 1. The molecule has 0 radical (unpaired) electrons. The summed E-state index contributed by atoms with van der Waals surface area (Å²) in [6.07, 6.45) is 4.68. The number of benzene rings is 3. The lowest BCUT2D eigenvalue weighted by atomic mass is 10.1. The Morgan fingerprint density at radius 2 is 1.97 bits per heavy atom. The van der Waals surface area contributed by atoms with E-state index in [4.69, 9.17) is 21.2 Å². The molecule has 1 aromatic heterocycles. The molecule has 1 amide bonds. The van der Waals surface area contributed by atoms with Crippen LogP contribution < -0.4 is 20.4 Å². The minimum absolute atomic E-state index is 0.195. The van der Waals surface area contributed by atoms with Gasteiger partial charge in [0, 0.05) is 35.3 Å². The van der Waals surface area contributed by atoms with E-state index in [2.05, 4.69) is 21.7 Å². The number of likely N-dealkylation sites (N-methyl/N-ethyl adjacent to an activating group) is 1. The number of nitrogens with one attached hydrogen (secondary N) is 2. The van der Waals surface area contributed by atoms with Crippen LogP contribution in [0.5, 0.6) is 5.75 Å². The van der Waals surface area contributed by atoms with Gasteiger partial charge in [-0.2, -0.15) is 5.26 Å². The van der Waals surface area contributed by atoms with Gasteiger partial charge >= 0.3 is 0 Å². The number of hydrogen-bond acceptors (Lipinski definition) is 7. The number of aromatic nitrogens is 1. The van der Waals surface area contributed by atoms with Gasteiger partial charge in [0.25, 0.3) is 0 Å². The second-order valence-electron chi connectivity index (χ2n) is 8.41. The third-order valence-electron chi connectivity index (χ3n) is 5.65. The van der Waals surface area contributed by atoms with Crippen molar-refractivity contribution >= 4 is 45.5 Å². The molecule has 0 spiro atoms. The number of carbonyl (C=O) groups excluding carboxylic acids is 1. The van der Waals surface area contributed by atoms with Gasteiger partial charge < -0.3 is 15.4 Å². The molecule has 0 aliphatic rings. The molecular formula is C30H28ClN5O3. The second-order valence-corrected chi connectivity index (χ2v) is 8.85. The fourth-order valence-corrected chi connectivity index (χ4v) is 4.15. The Kier molecular flexibility index (Phi) is 9.48. The third-order valence-corrected chi connectivity index (χ3v) is 5.89. The van der Waals surface area contributed by atoms with E-state index in [0.717, 1.165) is 5.56 Å². The lowest BCUT2D eigenvalue weighted by Gasteiger charge is -2.26. The molecule has 0 aliphatic heterocycles. The van der Waals surface area contributed by atoms with E-state index in [1.807, 2.05) is 55.5 Å². The van der Waals surface area contributed by atoms with Gasteiger partial charge in [-0.1, -0.05) is 48.0 Å². The fourth-order valence-electron chi connectivity index (χ4n) is 3.93. The molecule has 2 N–H and O–H groups in total. The van der Waals surface area contributed by atoms with Gasteiger partial charge in [0.05, 0.1) is 34.7 Å². The first kappa shape index (κ1) is 27.6. The summed E-state index contributed by atoms with van der Waals surface area (Å²) in [6.45, 7) is 3.01. The van der Waals surface area contributed by atoms with Gasteiger partial charge in [0.2, 0.25) is 5.91 Å². The van der Waals surface area contributed by atoms with Crippen molar-refractivity contribution in [2.75, 3.05) is 30.6 Å². The first-order valence-electron chi connectivity index (χ1n) is 12.4. The van der Waals surface area contributed by atoms with Crippen molar-refractivity contribution in [1.82, 2.24) is 10.3 Å². The van der Waals surface area contributed by atoms with E-state index in [9.17, 15) is 10.1 Å². The topological polar surface area (TPSA) is 99.5 Å². The maximum Gasteiger partial charge on any atom is 0.248 e. The summed E-state index contributed by atoms with van der Waals surface area (Å²) in [5.41, 5.74) is 3.37. The first-order chi connectivity index (χ1) is 19.0. The lowest BCUT2D eigenvalue weighted by Crippen LogP contribution is -2.19. The standard InChI is InChI=1S/C30H28ClN5O3/c1-3-38-28-17-26-25(16-27(28)35-29(37)13-8-14-33-2)30(22(18-32)19-34-26)36(24-11-5-4-6-12-24)39-20-21-9-7-10-23(31)15-21/h4-13,15-17,19,33H,3,14,20H2,1-2H3,(H,35,37). The molecule has 0 atom stereocenters. The Bertz CT molecular complexity index is 1520. The second kappa shape index (κ2) is 13.4. The van der Waals surface area contributed by atoms with E-state index >= 15 is 0 Å². The van der Waals surface area contributed by atoms with Crippen molar-refractivity contribution in [3.05, 3.63) is 101 Å². The van der Waals surface area contributed by atoms with Gasteiger partial charge in [0.15, 0.2) is 0 Å². The number of hydrogen-bond donors (Lipinski definition) is 2. The number of halogens is 1. The number of nitriles is 1. The highest BCUT2D eigenvalue weighted by atomic mass is 35.5. The van der Waals surface area contributed by atoms with Gasteiger partial charge in [0.1, 0.15) is 18.4 Å². The maximum absolute atomic E-state index is 12.6. The molecule has 9 heteroatoms. The SMILES string of the molecule is CCOc1cc2ncc(C#N)c(N(OCc3cccc(Cl)c3)c3ccccc3)c2cc1NC(=O)C=CCNC. The Labute approximate surface area is 232 Å². The molecule has 4 rings (SSSR count). The molecule has 0 unspecified atom stereocenters. The minimum atomic E-state index is -0.311. The quantitative estimate of drug-likeness (QED) is 0.174. The smallest absolute Gasteiger partial charge is 0.248 e. The summed E-state index contributed by atoms with van der Waals surface area (Å²) >= 11 is 6.18. The summed E-state index contributed by atoms with van der Waals surface area (Å²) in [4.78, 5) is 23.5. The molecule has 0 saturated carbocycles. The number of anilines is 3. The molecule has 0 fully saturated rings. The van der Waals surface area contributed by atoms with Gasteiger partial charge in [-0.05, 0) is 49.9 Å². The van der Waals surface area contributed by atoms with Crippen LogP contribution in [0.25, 0.3) is 10.9 Å². The molecule has 0 aliphatic carbocycles. The molecule has 0 bridgehead atoms. The van der Waals surface area contributed by atoms with E-state index in [1.54, 1.807) is 36.4 Å². The van der Waals surface area contributed by atoms with Crippen molar-refractivity contribution < 1.29 is 14.4 Å². The number of pyridine rings is 1. The van der Waals surface area contributed by atoms with Crippen molar-refractivity contribution in [2.24, 2.45) is 0 Å². The highest BCUT2D eigenvalue weighted by molar-refractivity contribution is 6.30. The molecule has 39 heavy (non-hydrogen) atoms. The van der Waals surface area contributed by atoms with E-state index < -0.39 is 0 Å². The molecule has 0 saturated heterocycles. The van der Waals surface area contributed by atoms with Crippen molar-refractivity contribution in [3.63, 3.8) is 0 Å². The van der Waals surface area contributed by atoms with E-state index in [1.165, 1.54) is 12.3 Å². The van der Waals surface area contributed by atoms with Crippen molar-refractivity contribution in [2.45, 2.75) is 13.5 Å². The number of nitrogens with zero attached hydrogens (tertiary/aromatic N) is 3. The van der Waals surface area contributed by atoms with Crippen LogP contribution in [0, 0.1) is 11.3 Å². The average Bonchev–Trinajstić information content (AvgIpc) is 2.94. The predicted octanol–water partition coefficient (Wildman–Crippen LogP) is 6.14.